The van der Waals surface area contributed by atoms with Gasteiger partial charge in [0, 0.05) is 50.2 Å². The van der Waals surface area contributed by atoms with E-state index in [2.05, 4.69) is 20.4 Å². The molecule has 43 heavy (non-hydrogen) atoms. The van der Waals surface area contributed by atoms with Gasteiger partial charge in [0.15, 0.2) is 23.8 Å². The van der Waals surface area contributed by atoms with Crippen molar-refractivity contribution in [1.29, 1.82) is 0 Å². The van der Waals surface area contributed by atoms with Crippen molar-refractivity contribution >= 4 is 46.2 Å². The van der Waals surface area contributed by atoms with Gasteiger partial charge >= 0.3 is 5.97 Å². The molecular formula is C28H25N7O8. The van der Waals surface area contributed by atoms with Crippen LogP contribution in [0.5, 0.6) is 5.75 Å². The predicted octanol–water partition coefficient (Wildman–Crippen LogP) is 0.715. The van der Waals surface area contributed by atoms with Crippen LogP contribution < -0.4 is 10.1 Å². The van der Waals surface area contributed by atoms with Crippen molar-refractivity contribution < 1.29 is 38.6 Å². The minimum Gasteiger partial charge on any atom is -0.494 e. The summed E-state index contributed by atoms with van der Waals surface area (Å²) < 4.78 is 11.6. The van der Waals surface area contributed by atoms with E-state index >= 15 is 0 Å². The maximum Gasteiger partial charge on any atom is 0.336 e. The average Bonchev–Trinajstić information content (AvgIpc) is 3.53. The van der Waals surface area contributed by atoms with Gasteiger partial charge < -0.3 is 34.7 Å². The highest BCUT2D eigenvalue weighted by Crippen LogP contribution is 2.32. The van der Waals surface area contributed by atoms with Gasteiger partial charge in [0.2, 0.25) is 0 Å². The summed E-state index contributed by atoms with van der Waals surface area (Å²) in [5.74, 6) is -2.85. The predicted molar refractivity (Wildman–Crippen MR) is 148 cm³/mol. The number of carboxylic acids is 1. The second-order valence-corrected chi connectivity index (χ2v) is 9.83. The smallest absolute Gasteiger partial charge is 0.336 e. The van der Waals surface area contributed by atoms with Crippen LogP contribution >= 0.6 is 0 Å². The van der Waals surface area contributed by atoms with Crippen LogP contribution in [0.4, 0.5) is 5.82 Å². The van der Waals surface area contributed by atoms with Gasteiger partial charge in [-0.05, 0) is 12.1 Å². The third kappa shape index (κ3) is 5.17. The Hall–Kier alpha value is -5.57. The lowest BCUT2D eigenvalue weighted by molar-refractivity contribution is -0.138. The van der Waals surface area contributed by atoms with Gasteiger partial charge in [-0.25, -0.2) is 14.5 Å². The lowest BCUT2D eigenvalue weighted by Gasteiger charge is -2.34. The minimum absolute atomic E-state index is 0.0783. The SMILES string of the molecule is COc1cnc(-n2ccc(NC(=O)C3OC3C(=O)O)n2)c2[nH]cc(C(=O)C(=O)N3CCN(C(=O)c4ccccc4)CC3)c12. The molecule has 2 atom stereocenters. The van der Waals surface area contributed by atoms with Gasteiger partial charge in [-0.2, -0.15) is 0 Å². The number of anilines is 1. The van der Waals surface area contributed by atoms with E-state index in [1.54, 1.807) is 29.2 Å². The monoisotopic (exact) mass is 587 g/mol. The van der Waals surface area contributed by atoms with E-state index in [-0.39, 0.29) is 41.9 Å². The molecule has 15 nitrogen and oxygen atoms in total. The molecule has 0 saturated carbocycles. The second kappa shape index (κ2) is 11.0. The number of methoxy groups -OCH3 is 1. The fourth-order valence-electron chi connectivity index (χ4n) is 4.95. The number of ketones is 1. The quantitative estimate of drug-likeness (QED) is 0.150. The van der Waals surface area contributed by atoms with Crippen LogP contribution in [0.25, 0.3) is 16.7 Å². The summed E-state index contributed by atoms with van der Waals surface area (Å²) in [4.78, 5) is 73.1. The van der Waals surface area contributed by atoms with Crippen LogP contribution in [0.2, 0.25) is 0 Å². The number of amides is 3. The lowest BCUT2D eigenvalue weighted by atomic mass is 10.1. The zero-order valence-corrected chi connectivity index (χ0v) is 22.7. The molecule has 2 aliphatic rings. The number of pyridine rings is 1. The average molecular weight is 588 g/mol. The Kier molecular flexibility index (Phi) is 7.07. The van der Waals surface area contributed by atoms with Crippen LogP contribution in [0.3, 0.4) is 0 Å². The molecule has 2 unspecified atom stereocenters. The second-order valence-electron chi connectivity index (χ2n) is 9.83. The van der Waals surface area contributed by atoms with Gasteiger partial charge in [-0.1, -0.05) is 18.2 Å². The third-order valence-corrected chi connectivity index (χ3v) is 7.24. The lowest BCUT2D eigenvalue weighted by Crippen LogP contribution is -2.52. The number of fused-ring (bicyclic) bond motifs is 1. The Bertz CT molecular complexity index is 1760. The number of benzene rings is 1. The van der Waals surface area contributed by atoms with E-state index in [1.807, 2.05) is 6.07 Å². The number of ether oxygens (including phenoxy) is 2. The van der Waals surface area contributed by atoms with Gasteiger partial charge in [0.05, 0.1) is 29.8 Å². The fourth-order valence-corrected chi connectivity index (χ4v) is 4.95. The van der Waals surface area contributed by atoms with E-state index in [1.165, 1.54) is 41.3 Å². The first-order valence-corrected chi connectivity index (χ1v) is 13.2. The van der Waals surface area contributed by atoms with Crippen LogP contribution in [0, 0.1) is 0 Å². The zero-order valence-electron chi connectivity index (χ0n) is 22.7. The Morgan fingerprint density at radius 2 is 1.74 bits per heavy atom. The van der Waals surface area contributed by atoms with Gasteiger partial charge in [-0.15, -0.1) is 5.10 Å². The largest absolute Gasteiger partial charge is 0.494 e. The summed E-state index contributed by atoms with van der Waals surface area (Å²) in [7, 11) is 1.41. The number of Topliss-reactive ketones (excluding diaryl/α,β-unsaturated/α-hetero) is 1. The summed E-state index contributed by atoms with van der Waals surface area (Å²) in [6.07, 6.45) is 2.00. The number of carbonyl (C=O) groups is 5. The maximum atomic E-state index is 13.5. The summed E-state index contributed by atoms with van der Waals surface area (Å²) in [5, 5.41) is 16.0. The summed E-state index contributed by atoms with van der Waals surface area (Å²) >= 11 is 0. The van der Waals surface area contributed by atoms with Crippen molar-refractivity contribution in [1.82, 2.24) is 29.5 Å². The Morgan fingerprint density at radius 3 is 2.42 bits per heavy atom. The topological polar surface area (TPSA) is 192 Å². The summed E-state index contributed by atoms with van der Waals surface area (Å²) in [6.45, 7) is 0.993. The molecule has 3 N–H and O–H groups in total. The first-order chi connectivity index (χ1) is 20.8. The van der Waals surface area contributed by atoms with Crippen LogP contribution in [-0.2, 0) is 19.1 Å². The van der Waals surface area contributed by atoms with E-state index in [0.29, 0.717) is 29.6 Å². The van der Waals surface area contributed by atoms with Crippen LogP contribution in [0.1, 0.15) is 20.7 Å². The van der Waals surface area contributed by atoms with Crippen molar-refractivity contribution in [3.8, 4) is 11.6 Å². The highest BCUT2D eigenvalue weighted by molar-refractivity contribution is 6.45. The number of aliphatic carboxylic acids is 1. The van der Waals surface area contributed by atoms with Gasteiger partial charge in [0.25, 0.3) is 23.5 Å². The third-order valence-electron chi connectivity index (χ3n) is 7.24. The Morgan fingerprint density at radius 1 is 1.02 bits per heavy atom. The van der Waals surface area contributed by atoms with Crippen molar-refractivity contribution in [2.45, 2.75) is 12.2 Å². The number of carbonyl (C=O) groups excluding carboxylic acids is 4. The molecule has 0 aliphatic carbocycles. The standard InChI is InChI=1S/C28H25N7O8/c1-42-17-14-30-24(35-8-7-18(32-35)31-25(37)22-23(43-22)28(40)41)20-19(17)16(13-29-20)21(36)27(39)34-11-9-33(10-12-34)26(38)15-5-3-2-4-6-15/h2-8,13-14,22-23,29H,9-12H2,1H3,(H,40,41)(H,31,32,37). The van der Waals surface area contributed by atoms with Gasteiger partial charge in [-0.3, -0.25) is 19.2 Å². The molecule has 2 saturated heterocycles. The molecular weight excluding hydrogens is 562 g/mol. The number of rotatable bonds is 8. The van der Waals surface area contributed by atoms with Gasteiger partial charge in [0.1, 0.15) is 5.75 Å². The first kappa shape index (κ1) is 27.6. The molecule has 3 aromatic heterocycles. The minimum atomic E-state index is -1.23. The van der Waals surface area contributed by atoms with E-state index in [4.69, 9.17) is 14.6 Å². The first-order valence-electron chi connectivity index (χ1n) is 13.2. The number of epoxide rings is 1. The number of nitrogens with zero attached hydrogens (tertiary/aromatic N) is 5. The fraction of sp³-hybridized carbons (Fsp3) is 0.250. The van der Waals surface area contributed by atoms with Crippen molar-refractivity contribution in [2.24, 2.45) is 0 Å². The number of carboxylic acid groups (broad SMARTS) is 1. The molecule has 1 aromatic carbocycles. The molecule has 2 aliphatic heterocycles. The number of nitrogens with one attached hydrogen (secondary N) is 2. The molecule has 6 rings (SSSR count). The molecule has 220 valence electrons. The number of H-pyrrole nitrogens is 1. The Labute approximate surface area is 243 Å². The zero-order chi connectivity index (χ0) is 30.2. The van der Waals surface area contributed by atoms with E-state index in [0.717, 1.165) is 0 Å². The maximum absolute atomic E-state index is 13.5. The molecule has 0 spiro atoms. The van der Waals surface area contributed by atoms with E-state index < -0.39 is 35.8 Å². The van der Waals surface area contributed by atoms with E-state index in [9.17, 15) is 24.0 Å². The normalized spacial score (nSPS) is 17.9. The molecule has 0 radical (unpaired) electrons. The van der Waals surface area contributed by atoms with Crippen LogP contribution in [0.15, 0.2) is 55.0 Å². The molecule has 15 heteroatoms. The summed E-state index contributed by atoms with van der Waals surface area (Å²) in [5.41, 5.74) is 0.991. The molecule has 2 fully saturated rings. The number of hydrogen-bond donors (Lipinski definition) is 3. The van der Waals surface area contributed by atoms with Crippen molar-refractivity contribution in [2.75, 3.05) is 38.6 Å². The number of piperazine rings is 1. The number of hydrogen-bond acceptors (Lipinski definition) is 9. The number of aromatic amines is 1. The van der Waals surface area contributed by atoms with Crippen molar-refractivity contribution in [3.63, 3.8) is 0 Å². The summed E-state index contributed by atoms with van der Waals surface area (Å²) in [6, 6.07) is 10.3. The highest BCUT2D eigenvalue weighted by Gasteiger charge is 2.50. The van der Waals surface area contributed by atoms with Crippen LogP contribution in [-0.4, -0.2) is 110 Å². The Balaban J connectivity index is 1.18. The molecule has 4 aromatic rings. The number of aromatic nitrogens is 4. The van der Waals surface area contributed by atoms with Crippen molar-refractivity contribution in [3.05, 3.63) is 66.1 Å². The molecule has 5 heterocycles. The molecule has 0 bridgehead atoms. The highest BCUT2D eigenvalue weighted by atomic mass is 16.6. The molecule has 3 amide bonds.